The van der Waals surface area contributed by atoms with E-state index in [1.54, 1.807) is 48.6 Å². The Morgan fingerprint density at radius 2 is 2.10 bits per heavy atom. The Hall–Kier alpha value is -2.84. The third-order valence-corrected chi connectivity index (χ3v) is 6.45. The first-order valence-electron chi connectivity index (χ1n) is 10.3. The predicted octanol–water partition coefficient (Wildman–Crippen LogP) is 3.24. The number of pyridine rings is 1. The number of furan rings is 1. The van der Waals surface area contributed by atoms with E-state index < -0.39 is 5.60 Å². The number of ether oxygens (including phenoxy) is 1. The van der Waals surface area contributed by atoms with Crippen molar-refractivity contribution in [2.45, 2.75) is 49.9 Å². The summed E-state index contributed by atoms with van der Waals surface area (Å²) in [7, 11) is 1.55. The van der Waals surface area contributed by atoms with Crippen LogP contribution < -0.4 is 4.74 Å². The monoisotopic (exact) mass is 442 g/mol. The molecular formula is C22H23ClN4O4. The van der Waals surface area contributed by atoms with Crippen LogP contribution in [0, 0.1) is 0 Å². The number of halogens is 1. The lowest BCUT2D eigenvalue weighted by atomic mass is 9.80. The van der Waals surface area contributed by atoms with Crippen LogP contribution >= 0.6 is 11.6 Å². The molecule has 0 aromatic carbocycles. The Kier molecular flexibility index (Phi) is 4.98. The smallest absolute Gasteiger partial charge is 0.290 e. The average Bonchev–Trinajstić information content (AvgIpc) is 3.46. The summed E-state index contributed by atoms with van der Waals surface area (Å²) in [5.41, 5.74) is -0.393. The summed E-state index contributed by atoms with van der Waals surface area (Å²) >= 11 is 5.90. The van der Waals surface area contributed by atoms with Gasteiger partial charge in [-0.2, -0.15) is 5.10 Å². The molecule has 5 heterocycles. The Bertz CT molecular complexity index is 1100. The minimum atomic E-state index is -1.07. The van der Waals surface area contributed by atoms with Gasteiger partial charge in [0.1, 0.15) is 5.76 Å². The van der Waals surface area contributed by atoms with Crippen LogP contribution in [0.3, 0.4) is 0 Å². The molecule has 2 aliphatic rings. The van der Waals surface area contributed by atoms with E-state index in [1.165, 1.54) is 0 Å². The second-order valence-electron chi connectivity index (χ2n) is 8.22. The van der Waals surface area contributed by atoms with Gasteiger partial charge in [0, 0.05) is 42.9 Å². The summed E-state index contributed by atoms with van der Waals surface area (Å²) in [5, 5.41) is 16.2. The number of methoxy groups -OCH3 is 1. The molecule has 8 nitrogen and oxygen atoms in total. The van der Waals surface area contributed by atoms with Crippen molar-refractivity contribution in [1.29, 1.82) is 0 Å². The molecule has 5 rings (SSSR count). The highest BCUT2D eigenvalue weighted by atomic mass is 35.5. The molecule has 31 heavy (non-hydrogen) atoms. The van der Waals surface area contributed by atoms with E-state index >= 15 is 0 Å². The molecule has 0 radical (unpaired) electrons. The Morgan fingerprint density at radius 3 is 2.77 bits per heavy atom. The van der Waals surface area contributed by atoms with Crippen molar-refractivity contribution in [3.8, 4) is 5.88 Å². The molecule has 3 aromatic heterocycles. The molecule has 2 atom stereocenters. The number of nitrogens with zero attached hydrogens (tertiary/aromatic N) is 4. The standard InChI is InChI=1S/C22H23ClN4O4/c1-30-20-18(3-2-8-24-20)22(29)9-15-4-5-16(10-22)27(15)21(28)19-7-6-17(31-19)13-26-12-14(23)11-25-26/h2-3,6-8,11-12,15-16,29H,4-5,9-10,13H2,1H3/t15-,16-/m0/s1. The van der Waals surface area contributed by atoms with E-state index in [4.69, 9.17) is 20.8 Å². The van der Waals surface area contributed by atoms with Gasteiger partial charge >= 0.3 is 0 Å². The number of hydrogen-bond donors (Lipinski definition) is 1. The van der Waals surface area contributed by atoms with Gasteiger partial charge in [-0.25, -0.2) is 4.98 Å². The second kappa shape index (κ2) is 7.69. The van der Waals surface area contributed by atoms with Gasteiger partial charge in [0.25, 0.3) is 5.91 Å². The van der Waals surface area contributed by atoms with Crippen molar-refractivity contribution in [2.75, 3.05) is 7.11 Å². The minimum Gasteiger partial charge on any atom is -0.481 e. The van der Waals surface area contributed by atoms with Gasteiger partial charge in [-0.05, 0) is 37.1 Å². The first kappa shape index (κ1) is 20.1. The summed E-state index contributed by atoms with van der Waals surface area (Å²) < 4.78 is 12.8. The maximum absolute atomic E-state index is 13.3. The molecule has 3 aromatic rings. The molecule has 2 fully saturated rings. The van der Waals surface area contributed by atoms with Crippen LogP contribution in [0.5, 0.6) is 5.88 Å². The number of rotatable bonds is 5. The lowest BCUT2D eigenvalue weighted by molar-refractivity contribution is -0.0501. The van der Waals surface area contributed by atoms with E-state index in [1.807, 2.05) is 11.0 Å². The molecule has 2 saturated heterocycles. The van der Waals surface area contributed by atoms with E-state index in [0.29, 0.717) is 47.4 Å². The van der Waals surface area contributed by atoms with Gasteiger partial charge in [-0.1, -0.05) is 11.6 Å². The largest absolute Gasteiger partial charge is 0.481 e. The molecule has 2 aliphatic heterocycles. The minimum absolute atomic E-state index is 0.0698. The number of fused-ring (bicyclic) bond motifs is 2. The fraction of sp³-hybridized carbons (Fsp3) is 0.409. The molecule has 0 aliphatic carbocycles. The quantitative estimate of drug-likeness (QED) is 0.652. The van der Waals surface area contributed by atoms with Crippen molar-refractivity contribution in [2.24, 2.45) is 0 Å². The SMILES string of the molecule is COc1ncccc1C1(O)C[C@@H]2CC[C@@H](C1)N2C(=O)c1ccc(Cn2cc(Cl)cn2)o1. The molecular weight excluding hydrogens is 420 g/mol. The van der Waals surface area contributed by atoms with Gasteiger partial charge in [0.05, 0.1) is 30.5 Å². The zero-order valence-corrected chi connectivity index (χ0v) is 17.8. The van der Waals surface area contributed by atoms with Crippen LogP contribution in [-0.2, 0) is 12.1 Å². The van der Waals surface area contributed by atoms with Crippen molar-refractivity contribution in [1.82, 2.24) is 19.7 Å². The number of aliphatic hydroxyl groups is 1. The Balaban J connectivity index is 1.34. The average molecular weight is 443 g/mol. The van der Waals surface area contributed by atoms with Crippen LogP contribution in [0.4, 0.5) is 0 Å². The topological polar surface area (TPSA) is 93.6 Å². The Morgan fingerprint density at radius 1 is 1.32 bits per heavy atom. The van der Waals surface area contributed by atoms with Gasteiger partial charge in [-0.15, -0.1) is 0 Å². The Labute approximate surface area is 184 Å². The number of aromatic nitrogens is 3. The van der Waals surface area contributed by atoms with Crippen molar-refractivity contribution >= 4 is 17.5 Å². The summed E-state index contributed by atoms with van der Waals surface area (Å²) in [6.45, 7) is 0.396. The highest BCUT2D eigenvalue weighted by Gasteiger charge is 2.51. The van der Waals surface area contributed by atoms with E-state index in [-0.39, 0.29) is 18.0 Å². The van der Waals surface area contributed by atoms with E-state index in [9.17, 15) is 9.90 Å². The molecule has 0 unspecified atom stereocenters. The fourth-order valence-corrected chi connectivity index (χ4v) is 5.13. The van der Waals surface area contributed by atoms with E-state index in [2.05, 4.69) is 10.1 Å². The number of carbonyl (C=O) groups excluding carboxylic acids is 1. The molecule has 0 saturated carbocycles. The highest BCUT2D eigenvalue weighted by molar-refractivity contribution is 6.30. The molecule has 162 valence electrons. The van der Waals surface area contributed by atoms with Crippen molar-refractivity contribution in [3.05, 3.63) is 65.0 Å². The van der Waals surface area contributed by atoms with Crippen LogP contribution in [0.25, 0.3) is 0 Å². The molecule has 1 amide bonds. The first-order valence-corrected chi connectivity index (χ1v) is 10.7. The van der Waals surface area contributed by atoms with Gasteiger partial charge < -0.3 is 19.2 Å². The molecule has 2 bridgehead atoms. The maximum Gasteiger partial charge on any atom is 0.290 e. The number of hydrogen-bond acceptors (Lipinski definition) is 6. The molecule has 1 N–H and O–H groups in total. The third kappa shape index (κ3) is 3.59. The van der Waals surface area contributed by atoms with Crippen LogP contribution in [0.15, 0.2) is 47.3 Å². The maximum atomic E-state index is 13.3. The summed E-state index contributed by atoms with van der Waals surface area (Å²) in [4.78, 5) is 19.4. The van der Waals surface area contributed by atoms with Crippen LogP contribution in [0.2, 0.25) is 5.02 Å². The zero-order chi connectivity index (χ0) is 21.6. The van der Waals surface area contributed by atoms with Crippen molar-refractivity contribution in [3.63, 3.8) is 0 Å². The van der Waals surface area contributed by atoms with Gasteiger partial charge in [-0.3, -0.25) is 9.48 Å². The van der Waals surface area contributed by atoms with Crippen molar-refractivity contribution < 1.29 is 19.1 Å². The second-order valence-corrected chi connectivity index (χ2v) is 8.66. The zero-order valence-electron chi connectivity index (χ0n) is 17.1. The first-order chi connectivity index (χ1) is 15.0. The fourth-order valence-electron chi connectivity index (χ4n) is 4.97. The lowest BCUT2D eigenvalue weighted by Crippen LogP contribution is -2.52. The summed E-state index contributed by atoms with van der Waals surface area (Å²) in [5.74, 6) is 1.22. The summed E-state index contributed by atoms with van der Waals surface area (Å²) in [6.07, 6.45) is 7.48. The molecule has 0 spiro atoms. The molecule has 9 heteroatoms. The van der Waals surface area contributed by atoms with Crippen LogP contribution in [-0.4, -0.2) is 49.9 Å². The third-order valence-electron chi connectivity index (χ3n) is 6.26. The lowest BCUT2D eigenvalue weighted by Gasteiger charge is -2.43. The van der Waals surface area contributed by atoms with Crippen LogP contribution in [0.1, 0.15) is 47.6 Å². The normalized spacial score (nSPS) is 25.1. The number of piperidine rings is 1. The van der Waals surface area contributed by atoms with Gasteiger partial charge in [0.2, 0.25) is 5.88 Å². The van der Waals surface area contributed by atoms with Gasteiger partial charge in [0.15, 0.2) is 5.76 Å². The van der Waals surface area contributed by atoms with E-state index in [0.717, 1.165) is 12.8 Å². The predicted molar refractivity (Wildman–Crippen MR) is 112 cm³/mol. The number of carbonyl (C=O) groups is 1. The summed E-state index contributed by atoms with van der Waals surface area (Å²) in [6, 6.07) is 6.99. The number of amides is 1. The highest BCUT2D eigenvalue weighted by Crippen LogP contribution is 2.47.